The molecular formula is C11H13FO2. The topological polar surface area (TPSA) is 26.3 Å². The molecule has 0 radical (unpaired) electrons. The van der Waals surface area contributed by atoms with E-state index in [9.17, 15) is 9.18 Å². The van der Waals surface area contributed by atoms with Crippen molar-refractivity contribution in [2.75, 3.05) is 0 Å². The maximum atomic E-state index is 12.7. The number of benzene rings is 1. The van der Waals surface area contributed by atoms with Crippen molar-refractivity contribution in [3.8, 4) is 5.75 Å². The molecular weight excluding hydrogens is 183 g/mol. The number of halogens is 1. The Hall–Kier alpha value is -1.38. The van der Waals surface area contributed by atoms with Crippen molar-refractivity contribution in [2.24, 2.45) is 0 Å². The van der Waals surface area contributed by atoms with Crippen molar-refractivity contribution in [3.63, 3.8) is 0 Å². The Balaban J connectivity index is 2.64. The van der Waals surface area contributed by atoms with Gasteiger partial charge in [0, 0.05) is 12.5 Å². The lowest BCUT2D eigenvalue weighted by atomic mass is 10.2. The zero-order valence-corrected chi connectivity index (χ0v) is 8.29. The maximum Gasteiger partial charge on any atom is 0.172 e. The SMILES string of the molecule is CCC(=O)C(C)Oc1cccc(F)c1. The molecule has 1 atom stereocenters. The number of rotatable bonds is 4. The minimum Gasteiger partial charge on any atom is -0.483 e. The monoisotopic (exact) mass is 196 g/mol. The van der Waals surface area contributed by atoms with Gasteiger partial charge in [-0.05, 0) is 19.1 Å². The van der Waals surface area contributed by atoms with Crippen molar-refractivity contribution < 1.29 is 13.9 Å². The summed E-state index contributed by atoms with van der Waals surface area (Å²) < 4.78 is 18.0. The van der Waals surface area contributed by atoms with Crippen LogP contribution in [0.1, 0.15) is 20.3 Å². The van der Waals surface area contributed by atoms with Gasteiger partial charge in [0.2, 0.25) is 0 Å². The summed E-state index contributed by atoms with van der Waals surface area (Å²) in [4.78, 5) is 11.2. The molecule has 14 heavy (non-hydrogen) atoms. The average molecular weight is 196 g/mol. The molecule has 0 bridgehead atoms. The second-order valence-electron chi connectivity index (χ2n) is 3.04. The summed E-state index contributed by atoms with van der Waals surface area (Å²) >= 11 is 0. The van der Waals surface area contributed by atoms with Crippen LogP contribution in [0.2, 0.25) is 0 Å². The molecule has 0 spiro atoms. The summed E-state index contributed by atoms with van der Waals surface area (Å²) in [6.07, 6.45) is -0.0852. The Bertz CT molecular complexity index is 323. The van der Waals surface area contributed by atoms with Gasteiger partial charge in [-0.25, -0.2) is 4.39 Å². The highest BCUT2D eigenvalue weighted by atomic mass is 19.1. The molecule has 0 saturated carbocycles. The number of ketones is 1. The Morgan fingerprint density at radius 3 is 2.86 bits per heavy atom. The van der Waals surface area contributed by atoms with Crippen molar-refractivity contribution in [1.82, 2.24) is 0 Å². The Morgan fingerprint density at radius 1 is 1.57 bits per heavy atom. The molecule has 0 aliphatic carbocycles. The molecule has 0 heterocycles. The van der Waals surface area contributed by atoms with Crippen LogP contribution in [-0.2, 0) is 4.79 Å². The molecule has 0 aliphatic heterocycles. The van der Waals surface area contributed by atoms with Crippen LogP contribution < -0.4 is 4.74 Å². The average Bonchev–Trinajstić information content (AvgIpc) is 2.16. The van der Waals surface area contributed by atoms with E-state index in [1.165, 1.54) is 12.1 Å². The molecule has 0 saturated heterocycles. The van der Waals surface area contributed by atoms with Crippen LogP contribution in [0.3, 0.4) is 0 Å². The lowest BCUT2D eigenvalue weighted by Gasteiger charge is -2.12. The third kappa shape index (κ3) is 2.83. The van der Waals surface area contributed by atoms with E-state index < -0.39 is 6.10 Å². The van der Waals surface area contributed by atoms with E-state index in [-0.39, 0.29) is 11.6 Å². The predicted molar refractivity (Wildman–Crippen MR) is 51.8 cm³/mol. The van der Waals surface area contributed by atoms with E-state index >= 15 is 0 Å². The molecule has 0 aliphatic rings. The number of Topliss-reactive ketones (excluding diaryl/α,β-unsaturated/α-hetero) is 1. The Morgan fingerprint density at radius 2 is 2.29 bits per heavy atom. The number of carbonyl (C=O) groups is 1. The van der Waals surface area contributed by atoms with Crippen LogP contribution in [0.15, 0.2) is 24.3 Å². The van der Waals surface area contributed by atoms with Gasteiger partial charge in [-0.15, -0.1) is 0 Å². The fraction of sp³-hybridized carbons (Fsp3) is 0.364. The van der Waals surface area contributed by atoms with E-state index in [0.29, 0.717) is 12.2 Å². The van der Waals surface area contributed by atoms with Crippen molar-refractivity contribution >= 4 is 5.78 Å². The molecule has 1 aromatic carbocycles. The lowest BCUT2D eigenvalue weighted by molar-refractivity contribution is -0.124. The van der Waals surface area contributed by atoms with Crippen LogP contribution in [-0.4, -0.2) is 11.9 Å². The predicted octanol–water partition coefficient (Wildman–Crippen LogP) is 2.57. The zero-order valence-electron chi connectivity index (χ0n) is 8.29. The molecule has 3 heteroatoms. The number of ether oxygens (including phenoxy) is 1. The summed E-state index contributed by atoms with van der Waals surface area (Å²) in [6, 6.07) is 5.77. The highest BCUT2D eigenvalue weighted by Gasteiger charge is 2.11. The molecule has 0 N–H and O–H groups in total. The third-order valence-corrected chi connectivity index (χ3v) is 1.91. The van der Waals surface area contributed by atoms with Gasteiger partial charge in [-0.1, -0.05) is 13.0 Å². The first kappa shape index (κ1) is 10.7. The van der Waals surface area contributed by atoms with Crippen LogP contribution in [0, 0.1) is 5.82 Å². The van der Waals surface area contributed by atoms with Crippen molar-refractivity contribution in [3.05, 3.63) is 30.1 Å². The van der Waals surface area contributed by atoms with Gasteiger partial charge in [0.05, 0.1) is 0 Å². The first-order valence-electron chi connectivity index (χ1n) is 4.58. The van der Waals surface area contributed by atoms with Gasteiger partial charge in [-0.3, -0.25) is 4.79 Å². The van der Waals surface area contributed by atoms with Gasteiger partial charge in [0.1, 0.15) is 11.6 Å². The number of hydrogen-bond donors (Lipinski definition) is 0. The van der Waals surface area contributed by atoms with Crippen LogP contribution in [0.4, 0.5) is 4.39 Å². The maximum absolute atomic E-state index is 12.7. The molecule has 0 aromatic heterocycles. The van der Waals surface area contributed by atoms with Crippen LogP contribution >= 0.6 is 0 Å². The van der Waals surface area contributed by atoms with E-state index in [2.05, 4.69) is 0 Å². The Labute approximate surface area is 82.7 Å². The first-order chi connectivity index (χ1) is 6.63. The van der Waals surface area contributed by atoms with E-state index in [1.54, 1.807) is 26.0 Å². The fourth-order valence-electron chi connectivity index (χ4n) is 1.10. The molecule has 2 nitrogen and oxygen atoms in total. The lowest BCUT2D eigenvalue weighted by Crippen LogP contribution is -2.22. The smallest absolute Gasteiger partial charge is 0.172 e. The summed E-state index contributed by atoms with van der Waals surface area (Å²) in [7, 11) is 0. The van der Waals surface area contributed by atoms with Gasteiger partial charge in [0.25, 0.3) is 0 Å². The van der Waals surface area contributed by atoms with Gasteiger partial charge in [-0.2, -0.15) is 0 Å². The summed E-state index contributed by atoms with van der Waals surface area (Å²) in [6.45, 7) is 3.44. The van der Waals surface area contributed by atoms with Crippen LogP contribution in [0.25, 0.3) is 0 Å². The summed E-state index contributed by atoms with van der Waals surface area (Å²) in [5.74, 6) is 0.0345. The third-order valence-electron chi connectivity index (χ3n) is 1.91. The van der Waals surface area contributed by atoms with Crippen molar-refractivity contribution in [2.45, 2.75) is 26.4 Å². The normalized spacial score (nSPS) is 12.2. The molecule has 0 fully saturated rings. The van der Waals surface area contributed by atoms with Gasteiger partial charge in [0.15, 0.2) is 11.9 Å². The van der Waals surface area contributed by atoms with Gasteiger partial charge < -0.3 is 4.74 Å². The highest BCUT2D eigenvalue weighted by molar-refractivity contribution is 5.82. The number of hydrogen-bond acceptors (Lipinski definition) is 2. The quantitative estimate of drug-likeness (QED) is 0.739. The second kappa shape index (κ2) is 4.74. The fourth-order valence-corrected chi connectivity index (χ4v) is 1.10. The summed E-state index contributed by atoms with van der Waals surface area (Å²) in [5.41, 5.74) is 0. The van der Waals surface area contributed by atoms with Crippen LogP contribution in [0.5, 0.6) is 5.75 Å². The van der Waals surface area contributed by atoms with Gasteiger partial charge >= 0.3 is 0 Å². The molecule has 1 unspecified atom stereocenters. The highest BCUT2D eigenvalue weighted by Crippen LogP contribution is 2.14. The molecule has 1 aromatic rings. The largest absolute Gasteiger partial charge is 0.483 e. The second-order valence-corrected chi connectivity index (χ2v) is 3.04. The van der Waals surface area contributed by atoms with Crippen molar-refractivity contribution in [1.29, 1.82) is 0 Å². The minimum atomic E-state index is -0.512. The molecule has 76 valence electrons. The standard InChI is InChI=1S/C11H13FO2/c1-3-11(13)8(2)14-10-6-4-5-9(12)7-10/h4-8H,3H2,1-2H3. The van der Waals surface area contributed by atoms with E-state index in [1.807, 2.05) is 0 Å². The summed E-state index contributed by atoms with van der Waals surface area (Å²) in [5, 5.41) is 0. The van der Waals surface area contributed by atoms with E-state index in [4.69, 9.17) is 4.74 Å². The molecule has 0 amide bonds. The molecule has 1 rings (SSSR count). The minimum absolute atomic E-state index is 0.00858. The Kier molecular flexibility index (Phi) is 3.63. The zero-order chi connectivity index (χ0) is 10.6. The number of carbonyl (C=O) groups excluding carboxylic acids is 1. The van der Waals surface area contributed by atoms with E-state index in [0.717, 1.165) is 0 Å². The first-order valence-corrected chi connectivity index (χ1v) is 4.58.